The van der Waals surface area contributed by atoms with Crippen molar-refractivity contribution in [2.24, 2.45) is 11.8 Å². The number of carbonyl (C=O) groups excluding carboxylic acids is 1. The van der Waals surface area contributed by atoms with Gasteiger partial charge in [-0.3, -0.25) is 9.88 Å². The monoisotopic (exact) mass is 462 g/mol. The molecule has 3 aromatic rings. The zero-order chi connectivity index (χ0) is 22.6. The number of fused-ring (bicyclic) bond motifs is 1. The Morgan fingerprint density at radius 1 is 1.27 bits per heavy atom. The number of anilines is 1. The lowest BCUT2D eigenvalue weighted by Crippen LogP contribution is -2.26. The van der Waals surface area contributed by atoms with Crippen LogP contribution in [0.1, 0.15) is 5.69 Å². The quantitative estimate of drug-likeness (QED) is 0.574. The first-order valence-electron chi connectivity index (χ1n) is 10.7. The van der Waals surface area contributed by atoms with E-state index in [-0.39, 0.29) is 0 Å². The number of nitrogens with zero attached hydrogens (tertiary/aromatic N) is 6. The predicted molar refractivity (Wildman–Crippen MR) is 119 cm³/mol. The number of hydrogen-bond acceptors (Lipinski definition) is 7. The van der Waals surface area contributed by atoms with Crippen molar-refractivity contribution in [3.8, 4) is 17.2 Å². The number of ether oxygens (including phenoxy) is 1. The summed E-state index contributed by atoms with van der Waals surface area (Å²) in [5, 5.41) is 17.4. The summed E-state index contributed by atoms with van der Waals surface area (Å²) in [5.74, 6) is 2.28. The molecule has 166 valence electrons. The third-order valence-electron chi connectivity index (χ3n) is 6.83. The average molecular weight is 463 g/mol. The molecule has 8 nitrogen and oxygen atoms in total. The van der Waals surface area contributed by atoms with Gasteiger partial charge in [-0.15, -0.1) is 5.10 Å². The number of halogens is 1. The standard InChI is InChI=1S/C23H19FN6O2S/c24-20-7-15(30-10-16(32-22(30)31)9-29-6-5-27-28-29)2-3-17(20)14-1-4-21(26-8-14)23(13-25)18-11-33-12-19(18)23/h1-8,16,18-19H,9-12H2/t16-,18?,19?,23?/m0/s1. The second-order valence-corrected chi connectivity index (χ2v) is 9.64. The fourth-order valence-corrected chi connectivity index (χ4v) is 6.66. The van der Waals surface area contributed by atoms with Crippen LogP contribution >= 0.6 is 11.8 Å². The maximum absolute atomic E-state index is 15.0. The normalized spacial score (nSPS) is 27.8. The first-order valence-corrected chi connectivity index (χ1v) is 11.8. The molecule has 6 rings (SSSR count). The summed E-state index contributed by atoms with van der Waals surface area (Å²) in [7, 11) is 0. The van der Waals surface area contributed by atoms with Gasteiger partial charge in [0.2, 0.25) is 0 Å². The Kier molecular flexibility index (Phi) is 4.62. The number of benzene rings is 1. The molecule has 33 heavy (non-hydrogen) atoms. The van der Waals surface area contributed by atoms with E-state index in [9.17, 15) is 10.1 Å². The van der Waals surface area contributed by atoms with E-state index in [1.807, 2.05) is 23.9 Å². The highest BCUT2D eigenvalue weighted by Gasteiger charge is 2.69. The van der Waals surface area contributed by atoms with E-state index >= 15 is 4.39 Å². The molecule has 2 aliphatic heterocycles. The molecule has 0 spiro atoms. The molecular weight excluding hydrogens is 443 g/mol. The lowest BCUT2D eigenvalue weighted by Gasteiger charge is -2.15. The molecule has 0 radical (unpaired) electrons. The van der Waals surface area contributed by atoms with Crippen molar-refractivity contribution in [3.63, 3.8) is 0 Å². The van der Waals surface area contributed by atoms with Gasteiger partial charge in [-0.1, -0.05) is 11.3 Å². The number of hydrogen-bond donors (Lipinski definition) is 0. The Labute approximate surface area is 193 Å². The molecular formula is C23H19FN6O2S. The van der Waals surface area contributed by atoms with Gasteiger partial charge >= 0.3 is 6.09 Å². The number of pyridine rings is 1. The zero-order valence-electron chi connectivity index (χ0n) is 17.5. The van der Waals surface area contributed by atoms with Crippen LogP contribution in [0.25, 0.3) is 11.1 Å². The van der Waals surface area contributed by atoms with E-state index in [4.69, 9.17) is 4.74 Å². The summed E-state index contributed by atoms with van der Waals surface area (Å²) in [6.45, 7) is 0.677. The Balaban J connectivity index is 1.20. The maximum atomic E-state index is 15.0. The van der Waals surface area contributed by atoms with Gasteiger partial charge in [0.1, 0.15) is 17.3 Å². The van der Waals surface area contributed by atoms with Gasteiger partial charge in [-0.05, 0) is 47.6 Å². The minimum absolute atomic E-state index is 0.296. The second kappa shape index (κ2) is 7.56. The summed E-state index contributed by atoms with van der Waals surface area (Å²) < 4.78 is 22.0. The van der Waals surface area contributed by atoms with E-state index in [0.717, 1.165) is 17.2 Å². The van der Waals surface area contributed by atoms with Gasteiger partial charge < -0.3 is 4.74 Å². The summed E-state index contributed by atoms with van der Waals surface area (Å²) >= 11 is 1.89. The van der Waals surface area contributed by atoms with Crippen molar-refractivity contribution in [2.75, 3.05) is 23.0 Å². The lowest BCUT2D eigenvalue weighted by atomic mass is 9.97. The third kappa shape index (κ3) is 3.18. The Morgan fingerprint density at radius 2 is 2.12 bits per heavy atom. The van der Waals surface area contributed by atoms with Crippen LogP contribution in [0.15, 0.2) is 48.9 Å². The lowest BCUT2D eigenvalue weighted by molar-refractivity contribution is 0.129. The maximum Gasteiger partial charge on any atom is 0.414 e. The van der Waals surface area contributed by atoms with Gasteiger partial charge in [0.05, 0.1) is 36.7 Å². The summed E-state index contributed by atoms with van der Waals surface area (Å²) in [5.41, 5.74) is 1.75. The highest BCUT2D eigenvalue weighted by Crippen LogP contribution is 2.65. The molecule has 1 aliphatic carbocycles. The number of carbonyl (C=O) groups is 1. The van der Waals surface area contributed by atoms with Crippen LogP contribution in [0.4, 0.5) is 14.9 Å². The number of cyclic esters (lactones) is 1. The van der Waals surface area contributed by atoms with E-state index in [0.29, 0.717) is 41.7 Å². The molecule has 10 heteroatoms. The second-order valence-electron chi connectivity index (χ2n) is 8.57. The van der Waals surface area contributed by atoms with Crippen molar-refractivity contribution in [1.29, 1.82) is 5.26 Å². The highest BCUT2D eigenvalue weighted by molar-refractivity contribution is 7.99. The smallest absolute Gasteiger partial charge is 0.414 e. The van der Waals surface area contributed by atoms with Crippen LogP contribution in [0.5, 0.6) is 0 Å². The number of aromatic nitrogens is 4. The number of thioether (sulfide) groups is 1. The van der Waals surface area contributed by atoms with Gasteiger partial charge in [0.25, 0.3) is 0 Å². The molecule has 1 aromatic carbocycles. The van der Waals surface area contributed by atoms with Gasteiger partial charge in [-0.25, -0.2) is 13.9 Å². The molecule has 3 atom stereocenters. The summed E-state index contributed by atoms with van der Waals surface area (Å²) in [6.07, 6.45) is 3.96. The summed E-state index contributed by atoms with van der Waals surface area (Å²) in [4.78, 5) is 18.3. The van der Waals surface area contributed by atoms with Crippen LogP contribution in [0, 0.1) is 29.0 Å². The van der Waals surface area contributed by atoms with Crippen LogP contribution in [0.2, 0.25) is 0 Å². The van der Waals surface area contributed by atoms with Crippen LogP contribution in [-0.4, -0.2) is 50.2 Å². The molecule has 2 aromatic heterocycles. The number of amides is 1. The SMILES string of the molecule is N#CC1(c2ccc(-c3ccc(N4C[C@H](Cn5ccnn5)OC4=O)cc3F)cn2)C2CSCC21. The third-order valence-corrected chi connectivity index (χ3v) is 8.02. The van der Waals surface area contributed by atoms with Crippen molar-refractivity contribution >= 4 is 23.5 Å². The molecule has 3 aliphatic rings. The molecule has 3 fully saturated rings. The van der Waals surface area contributed by atoms with Gasteiger partial charge in [0, 0.05) is 23.5 Å². The Hall–Kier alpha value is -3.45. The molecule has 0 N–H and O–H groups in total. The van der Waals surface area contributed by atoms with E-state index in [1.54, 1.807) is 35.4 Å². The Morgan fingerprint density at radius 3 is 2.79 bits per heavy atom. The molecule has 2 unspecified atom stereocenters. The van der Waals surface area contributed by atoms with Gasteiger partial charge in [-0.2, -0.15) is 17.0 Å². The highest BCUT2D eigenvalue weighted by atomic mass is 32.2. The van der Waals surface area contributed by atoms with E-state index < -0.39 is 23.4 Å². The summed E-state index contributed by atoms with van der Waals surface area (Å²) in [6, 6.07) is 10.8. The molecule has 1 amide bonds. The minimum atomic E-state index is -0.520. The Bertz CT molecular complexity index is 1250. The van der Waals surface area contributed by atoms with Crippen molar-refractivity contribution < 1.29 is 13.9 Å². The molecule has 2 saturated heterocycles. The average Bonchev–Trinajstić information content (AvgIpc) is 3.35. The van der Waals surface area contributed by atoms with Crippen molar-refractivity contribution in [2.45, 2.75) is 18.1 Å². The fraction of sp³-hybridized carbons (Fsp3) is 0.348. The largest absolute Gasteiger partial charge is 0.442 e. The minimum Gasteiger partial charge on any atom is -0.442 e. The van der Waals surface area contributed by atoms with Crippen LogP contribution in [0.3, 0.4) is 0 Å². The topological polar surface area (TPSA) is 96.9 Å². The van der Waals surface area contributed by atoms with Crippen molar-refractivity contribution in [3.05, 3.63) is 60.4 Å². The number of nitriles is 1. The predicted octanol–water partition coefficient (Wildman–Crippen LogP) is 3.26. The molecule has 1 saturated carbocycles. The molecule has 0 bridgehead atoms. The first kappa shape index (κ1) is 20.2. The van der Waals surface area contributed by atoms with E-state index in [2.05, 4.69) is 21.4 Å². The molecule has 4 heterocycles. The zero-order valence-corrected chi connectivity index (χ0v) is 18.3. The van der Waals surface area contributed by atoms with Gasteiger partial charge in [0.15, 0.2) is 0 Å². The fourth-order valence-electron chi connectivity index (χ4n) is 5.03. The van der Waals surface area contributed by atoms with Crippen molar-refractivity contribution in [1.82, 2.24) is 20.0 Å². The van der Waals surface area contributed by atoms with Crippen LogP contribution in [-0.2, 0) is 16.7 Å². The van der Waals surface area contributed by atoms with Crippen LogP contribution < -0.4 is 4.90 Å². The first-order chi connectivity index (χ1) is 16.1. The number of rotatable bonds is 5. The van der Waals surface area contributed by atoms with E-state index in [1.165, 1.54) is 11.0 Å².